The van der Waals surface area contributed by atoms with Gasteiger partial charge in [-0.3, -0.25) is 0 Å². The summed E-state index contributed by atoms with van der Waals surface area (Å²) in [4.78, 5) is 0. The van der Waals surface area contributed by atoms with Crippen LogP contribution in [-0.4, -0.2) is 17.4 Å². The van der Waals surface area contributed by atoms with Crippen molar-refractivity contribution in [3.05, 3.63) is 109 Å². The molecule has 146 valence electrons. The Bertz CT molecular complexity index is 1050. The highest BCUT2D eigenvalue weighted by Gasteiger charge is 2.20. The minimum atomic E-state index is -0.599. The third-order valence-electron chi connectivity index (χ3n) is 5.31. The normalized spacial score (nSPS) is 14.4. The molecule has 0 fully saturated rings. The summed E-state index contributed by atoms with van der Waals surface area (Å²) in [7, 11) is -0.599. The molecule has 0 aromatic heterocycles. The summed E-state index contributed by atoms with van der Waals surface area (Å²) in [5, 5.41) is 19.7. The van der Waals surface area contributed by atoms with Crippen LogP contribution in [0.1, 0.15) is 18.6 Å². The molecule has 2 unspecified atom stereocenters. The van der Waals surface area contributed by atoms with Crippen molar-refractivity contribution in [3.63, 3.8) is 0 Å². The zero-order chi connectivity index (χ0) is 20.1. The van der Waals surface area contributed by atoms with Crippen molar-refractivity contribution in [2.45, 2.75) is 19.1 Å². The Hall–Kier alpha value is -2.51. The molecule has 0 bridgehead atoms. The summed E-state index contributed by atoms with van der Waals surface area (Å²) in [6.07, 6.45) is 0.287. The van der Waals surface area contributed by atoms with Crippen molar-refractivity contribution in [1.82, 2.24) is 5.32 Å². The van der Waals surface area contributed by atoms with Gasteiger partial charge in [0.05, 0.1) is 6.10 Å². The average Bonchev–Trinajstić information content (AvgIpc) is 2.80. The molecule has 2 nitrogen and oxygen atoms in total. The maximum absolute atomic E-state index is 10.8. The molecule has 0 aliphatic heterocycles. The maximum Gasteiger partial charge on any atom is 0.0940 e. The van der Waals surface area contributed by atoms with Crippen LogP contribution >= 0.6 is 7.92 Å². The first-order chi connectivity index (χ1) is 14.2. The van der Waals surface area contributed by atoms with E-state index < -0.39 is 14.0 Å². The standard InChI is InChI=1S/C26H26NOP/c1-20(26(28)22-12-4-2-5-13-22)27-19-29(23-15-6-3-7-16-23)25-18-10-14-21-11-8-9-17-24(21)25/h2-18,20,26-28H,19H2,1H3/t20-,26?,29?/m0/s1. The molecule has 0 aliphatic rings. The van der Waals surface area contributed by atoms with Gasteiger partial charge in [-0.05, 0) is 41.8 Å². The van der Waals surface area contributed by atoms with Gasteiger partial charge in [0.25, 0.3) is 0 Å². The van der Waals surface area contributed by atoms with Gasteiger partial charge in [0.15, 0.2) is 0 Å². The minimum absolute atomic E-state index is 0.0407. The number of hydrogen-bond donors (Lipinski definition) is 2. The monoisotopic (exact) mass is 399 g/mol. The van der Waals surface area contributed by atoms with E-state index in [4.69, 9.17) is 0 Å². The Morgan fingerprint density at radius 1 is 0.759 bits per heavy atom. The molecule has 0 aliphatic carbocycles. The van der Waals surface area contributed by atoms with Gasteiger partial charge >= 0.3 is 0 Å². The molecule has 0 heterocycles. The third kappa shape index (κ3) is 4.57. The lowest BCUT2D eigenvalue weighted by Crippen LogP contribution is -2.34. The zero-order valence-corrected chi connectivity index (χ0v) is 17.5. The van der Waals surface area contributed by atoms with Crippen LogP contribution in [0.3, 0.4) is 0 Å². The molecule has 29 heavy (non-hydrogen) atoms. The number of hydrogen-bond acceptors (Lipinski definition) is 2. The lowest BCUT2D eigenvalue weighted by atomic mass is 10.0. The van der Waals surface area contributed by atoms with Crippen molar-refractivity contribution >= 4 is 29.3 Å². The van der Waals surface area contributed by atoms with E-state index in [1.807, 2.05) is 30.3 Å². The van der Waals surface area contributed by atoms with Crippen molar-refractivity contribution in [2.75, 3.05) is 6.29 Å². The van der Waals surface area contributed by atoms with Gasteiger partial charge in [-0.15, -0.1) is 0 Å². The Labute approximate surface area is 174 Å². The third-order valence-corrected chi connectivity index (χ3v) is 7.70. The smallest absolute Gasteiger partial charge is 0.0940 e. The van der Waals surface area contributed by atoms with Gasteiger partial charge in [0, 0.05) is 12.3 Å². The van der Waals surface area contributed by atoms with Crippen molar-refractivity contribution < 1.29 is 5.11 Å². The first-order valence-corrected chi connectivity index (χ1v) is 11.5. The molecule has 4 rings (SSSR count). The largest absolute Gasteiger partial charge is 0.387 e. The Morgan fingerprint density at radius 2 is 1.38 bits per heavy atom. The number of aliphatic hydroxyl groups excluding tert-OH is 1. The van der Waals surface area contributed by atoms with E-state index in [1.54, 1.807) is 0 Å². The topological polar surface area (TPSA) is 32.3 Å². The fourth-order valence-electron chi connectivity index (χ4n) is 3.65. The molecule has 0 saturated heterocycles. The second-order valence-corrected chi connectivity index (χ2v) is 9.44. The molecular formula is C26H26NOP. The van der Waals surface area contributed by atoms with Crippen LogP contribution in [0.5, 0.6) is 0 Å². The molecule has 0 amide bonds. The molecule has 0 spiro atoms. The summed E-state index contributed by atoms with van der Waals surface area (Å²) in [5.41, 5.74) is 0.946. The quantitative estimate of drug-likeness (QED) is 0.432. The van der Waals surface area contributed by atoms with Crippen molar-refractivity contribution in [3.8, 4) is 0 Å². The summed E-state index contributed by atoms with van der Waals surface area (Å²) in [5.74, 6) is 0. The zero-order valence-electron chi connectivity index (χ0n) is 16.6. The summed E-state index contributed by atoms with van der Waals surface area (Å²) >= 11 is 0. The number of rotatable bonds is 7. The molecule has 4 aromatic rings. The Morgan fingerprint density at radius 3 is 2.14 bits per heavy atom. The SMILES string of the molecule is C[C@H](NCP(c1ccccc1)c1cccc2ccccc12)C(O)c1ccccc1. The second kappa shape index (κ2) is 9.33. The summed E-state index contributed by atoms with van der Waals surface area (Å²) in [6, 6.07) is 35.7. The molecule has 4 aromatic carbocycles. The van der Waals surface area contributed by atoms with E-state index in [0.29, 0.717) is 0 Å². The molecule has 3 atom stereocenters. The van der Waals surface area contributed by atoms with Crippen LogP contribution < -0.4 is 15.9 Å². The fraction of sp³-hybridized carbons (Fsp3) is 0.154. The lowest BCUT2D eigenvalue weighted by Gasteiger charge is -2.26. The van der Waals surface area contributed by atoms with E-state index in [9.17, 15) is 5.11 Å². The highest BCUT2D eigenvalue weighted by molar-refractivity contribution is 7.73. The first-order valence-electron chi connectivity index (χ1n) is 10.0. The van der Waals surface area contributed by atoms with E-state index in [2.05, 4.69) is 85.0 Å². The molecule has 0 radical (unpaired) electrons. The van der Waals surface area contributed by atoms with Crippen LogP contribution in [0, 0.1) is 0 Å². The van der Waals surface area contributed by atoms with E-state index in [-0.39, 0.29) is 6.04 Å². The number of benzene rings is 4. The van der Waals surface area contributed by atoms with E-state index in [1.165, 1.54) is 21.4 Å². The van der Waals surface area contributed by atoms with Crippen LogP contribution in [0.4, 0.5) is 0 Å². The number of fused-ring (bicyclic) bond motifs is 1. The van der Waals surface area contributed by atoms with E-state index in [0.717, 1.165) is 11.8 Å². The van der Waals surface area contributed by atoms with Gasteiger partial charge < -0.3 is 10.4 Å². The van der Waals surface area contributed by atoms with Crippen molar-refractivity contribution in [1.29, 1.82) is 0 Å². The van der Waals surface area contributed by atoms with E-state index >= 15 is 0 Å². The lowest BCUT2D eigenvalue weighted by molar-refractivity contribution is 0.139. The molecule has 2 N–H and O–H groups in total. The fourth-order valence-corrected chi connectivity index (χ4v) is 6.05. The predicted octanol–water partition coefficient (Wildman–Crippen LogP) is 4.94. The Kier molecular flexibility index (Phi) is 6.36. The van der Waals surface area contributed by atoms with Crippen LogP contribution in [-0.2, 0) is 0 Å². The summed E-state index contributed by atoms with van der Waals surface area (Å²) < 4.78 is 0. The number of aliphatic hydroxyl groups is 1. The highest BCUT2D eigenvalue weighted by atomic mass is 31.1. The maximum atomic E-state index is 10.8. The molecular weight excluding hydrogens is 373 g/mol. The van der Waals surface area contributed by atoms with Gasteiger partial charge in [0.2, 0.25) is 0 Å². The summed E-state index contributed by atoms with van der Waals surface area (Å²) in [6.45, 7) is 2.05. The number of nitrogens with one attached hydrogen (secondary N) is 1. The first kappa shape index (κ1) is 19.8. The second-order valence-electron chi connectivity index (χ2n) is 7.27. The minimum Gasteiger partial charge on any atom is -0.387 e. The van der Waals surface area contributed by atoms with Crippen LogP contribution in [0.2, 0.25) is 0 Å². The molecule has 0 saturated carbocycles. The predicted molar refractivity (Wildman–Crippen MR) is 125 cm³/mol. The molecule has 3 heteroatoms. The average molecular weight is 399 g/mol. The Balaban J connectivity index is 1.62. The van der Waals surface area contributed by atoms with Gasteiger partial charge in [-0.25, -0.2) is 0 Å². The highest BCUT2D eigenvalue weighted by Crippen LogP contribution is 2.35. The van der Waals surface area contributed by atoms with Crippen molar-refractivity contribution in [2.24, 2.45) is 0 Å². The van der Waals surface area contributed by atoms with Crippen LogP contribution in [0.25, 0.3) is 10.8 Å². The van der Waals surface area contributed by atoms with Gasteiger partial charge in [0.1, 0.15) is 0 Å². The van der Waals surface area contributed by atoms with Gasteiger partial charge in [-0.1, -0.05) is 103 Å². The van der Waals surface area contributed by atoms with Gasteiger partial charge in [-0.2, -0.15) is 0 Å². The van der Waals surface area contributed by atoms with Crippen LogP contribution in [0.15, 0.2) is 103 Å².